The number of ketones is 1. The Labute approximate surface area is 191 Å². The summed E-state index contributed by atoms with van der Waals surface area (Å²) in [4.78, 5) is 37.5. The fraction of sp³-hybridized carbons (Fsp3) is 0.0385. The van der Waals surface area contributed by atoms with Crippen LogP contribution in [0.5, 0.6) is 5.75 Å². The molecule has 0 aliphatic carbocycles. The predicted octanol–water partition coefficient (Wildman–Crippen LogP) is 4.93. The van der Waals surface area contributed by atoms with Crippen molar-refractivity contribution in [3.05, 3.63) is 106 Å². The molecule has 0 aliphatic heterocycles. The number of ether oxygens (including phenoxy) is 1. The van der Waals surface area contributed by atoms with Crippen LogP contribution >= 0.6 is 0 Å². The molecule has 0 spiro atoms. The number of hydrogen-bond acceptors (Lipinski definition) is 6. The smallest absolute Gasteiger partial charge is 0.262 e. The van der Waals surface area contributed by atoms with Crippen molar-refractivity contribution in [3.8, 4) is 5.75 Å². The highest BCUT2D eigenvalue weighted by atomic mass is 19.1. The summed E-state index contributed by atoms with van der Waals surface area (Å²) in [6, 6.07) is 17.9. The first-order valence-corrected chi connectivity index (χ1v) is 10.3. The SMILES string of the molecule is O=C(COc1ccc2c(=O)ccoc2c1)Nc1c(C(=O)c2ccc(F)cc2)oc2ccccc12. The van der Waals surface area contributed by atoms with Crippen LogP contribution < -0.4 is 15.5 Å². The first kappa shape index (κ1) is 21.1. The number of benzene rings is 3. The quantitative estimate of drug-likeness (QED) is 0.363. The van der Waals surface area contributed by atoms with E-state index in [4.69, 9.17) is 13.6 Å². The molecule has 8 heteroatoms. The van der Waals surface area contributed by atoms with E-state index < -0.39 is 17.5 Å². The molecule has 2 aromatic heterocycles. The molecule has 7 nitrogen and oxygen atoms in total. The van der Waals surface area contributed by atoms with Gasteiger partial charge in [0, 0.05) is 23.1 Å². The first-order chi connectivity index (χ1) is 16.5. The number of amides is 1. The van der Waals surface area contributed by atoms with Crippen molar-refractivity contribution in [2.45, 2.75) is 0 Å². The van der Waals surface area contributed by atoms with E-state index in [1.54, 1.807) is 36.4 Å². The molecule has 5 rings (SSSR count). The van der Waals surface area contributed by atoms with Gasteiger partial charge in [0.15, 0.2) is 17.8 Å². The maximum absolute atomic E-state index is 13.3. The van der Waals surface area contributed by atoms with Gasteiger partial charge in [0.25, 0.3) is 5.91 Å². The van der Waals surface area contributed by atoms with Crippen LogP contribution in [0.15, 0.2) is 92.7 Å². The first-order valence-electron chi connectivity index (χ1n) is 10.3. The standard InChI is InChI=1S/C26H16FNO6/c27-16-7-5-15(6-8-16)25(31)26-24(19-3-1-2-4-21(19)34-26)28-23(30)14-33-17-9-10-18-20(29)11-12-32-22(18)13-17/h1-13H,14H2,(H,28,30). The molecule has 0 saturated heterocycles. The Kier molecular flexibility index (Phi) is 5.39. The third-order valence-corrected chi connectivity index (χ3v) is 5.18. The molecule has 0 saturated carbocycles. The summed E-state index contributed by atoms with van der Waals surface area (Å²) in [6.45, 7) is -0.369. The molecule has 0 atom stereocenters. The number of fused-ring (bicyclic) bond motifs is 2. The fourth-order valence-corrected chi connectivity index (χ4v) is 3.54. The zero-order chi connectivity index (χ0) is 23.7. The Bertz CT molecular complexity index is 1600. The largest absolute Gasteiger partial charge is 0.484 e. The summed E-state index contributed by atoms with van der Waals surface area (Å²) in [5.74, 6) is -1.25. The number of hydrogen-bond donors (Lipinski definition) is 1. The van der Waals surface area contributed by atoms with Gasteiger partial charge in [0.1, 0.15) is 22.7 Å². The predicted molar refractivity (Wildman–Crippen MR) is 123 cm³/mol. The van der Waals surface area contributed by atoms with Crippen LogP contribution in [0.25, 0.3) is 21.9 Å². The van der Waals surface area contributed by atoms with E-state index >= 15 is 0 Å². The third kappa shape index (κ3) is 4.04. The topological polar surface area (TPSA) is 98.8 Å². The van der Waals surface area contributed by atoms with Gasteiger partial charge in [-0.05, 0) is 48.5 Å². The lowest BCUT2D eigenvalue weighted by molar-refractivity contribution is -0.118. The van der Waals surface area contributed by atoms with Gasteiger partial charge in [-0.3, -0.25) is 14.4 Å². The molecular weight excluding hydrogens is 441 g/mol. The van der Waals surface area contributed by atoms with E-state index in [0.29, 0.717) is 27.7 Å². The number of rotatable bonds is 6. The summed E-state index contributed by atoms with van der Waals surface area (Å²) in [5, 5.41) is 3.62. The van der Waals surface area contributed by atoms with E-state index in [0.717, 1.165) is 0 Å². The zero-order valence-corrected chi connectivity index (χ0v) is 17.5. The minimum atomic E-state index is -0.533. The van der Waals surface area contributed by atoms with E-state index in [1.807, 2.05) is 0 Å². The maximum Gasteiger partial charge on any atom is 0.262 e. The molecule has 168 valence electrons. The van der Waals surface area contributed by atoms with Crippen molar-refractivity contribution >= 4 is 39.3 Å². The van der Waals surface area contributed by atoms with Gasteiger partial charge in [0.05, 0.1) is 17.3 Å². The number of anilines is 1. The molecule has 2 heterocycles. The van der Waals surface area contributed by atoms with Gasteiger partial charge < -0.3 is 18.9 Å². The van der Waals surface area contributed by atoms with Crippen LogP contribution in [0.1, 0.15) is 16.1 Å². The Hall–Kier alpha value is -4.72. The summed E-state index contributed by atoms with van der Waals surface area (Å²) >= 11 is 0. The van der Waals surface area contributed by atoms with Crippen molar-refractivity contribution in [2.75, 3.05) is 11.9 Å². The molecular formula is C26H16FNO6. The number of nitrogens with one attached hydrogen (secondary N) is 1. The minimum absolute atomic E-state index is 0.0753. The molecule has 1 amide bonds. The Balaban J connectivity index is 1.39. The van der Waals surface area contributed by atoms with Gasteiger partial charge in [0.2, 0.25) is 5.78 Å². The van der Waals surface area contributed by atoms with E-state index in [1.165, 1.54) is 42.7 Å². The maximum atomic E-state index is 13.3. The van der Waals surface area contributed by atoms with E-state index in [9.17, 15) is 18.8 Å². The molecule has 3 aromatic carbocycles. The second-order valence-electron chi connectivity index (χ2n) is 7.42. The average Bonchev–Trinajstić information content (AvgIpc) is 3.21. The Morgan fingerprint density at radius 2 is 1.71 bits per heavy atom. The van der Waals surface area contributed by atoms with Crippen molar-refractivity contribution in [1.82, 2.24) is 0 Å². The highest BCUT2D eigenvalue weighted by Crippen LogP contribution is 2.32. The number of para-hydroxylation sites is 1. The number of carbonyl (C=O) groups is 2. The summed E-state index contributed by atoms with van der Waals surface area (Å²) in [6.07, 6.45) is 1.28. The van der Waals surface area contributed by atoms with Gasteiger partial charge in [-0.2, -0.15) is 0 Å². The van der Waals surface area contributed by atoms with Crippen molar-refractivity contribution in [3.63, 3.8) is 0 Å². The van der Waals surface area contributed by atoms with Crippen LogP contribution in [-0.4, -0.2) is 18.3 Å². The lowest BCUT2D eigenvalue weighted by Crippen LogP contribution is -2.21. The van der Waals surface area contributed by atoms with Crippen LogP contribution in [-0.2, 0) is 4.79 Å². The molecule has 0 aliphatic rings. The fourth-order valence-electron chi connectivity index (χ4n) is 3.54. The van der Waals surface area contributed by atoms with Gasteiger partial charge in [-0.1, -0.05) is 12.1 Å². The van der Waals surface area contributed by atoms with Gasteiger partial charge in [-0.15, -0.1) is 0 Å². The van der Waals surface area contributed by atoms with Crippen LogP contribution in [0.3, 0.4) is 0 Å². The number of furan rings is 1. The van der Waals surface area contributed by atoms with Crippen molar-refractivity contribution in [2.24, 2.45) is 0 Å². The zero-order valence-electron chi connectivity index (χ0n) is 17.5. The van der Waals surface area contributed by atoms with Crippen molar-refractivity contribution < 1.29 is 27.6 Å². The minimum Gasteiger partial charge on any atom is -0.484 e. The van der Waals surface area contributed by atoms with Crippen LogP contribution in [0.2, 0.25) is 0 Å². The number of carbonyl (C=O) groups excluding carboxylic acids is 2. The van der Waals surface area contributed by atoms with Crippen LogP contribution in [0, 0.1) is 5.82 Å². The molecule has 34 heavy (non-hydrogen) atoms. The highest BCUT2D eigenvalue weighted by molar-refractivity contribution is 6.17. The summed E-state index contributed by atoms with van der Waals surface area (Å²) in [5.41, 5.74) is 0.968. The molecule has 0 unspecified atom stereocenters. The molecule has 1 N–H and O–H groups in total. The monoisotopic (exact) mass is 457 g/mol. The van der Waals surface area contributed by atoms with Crippen molar-refractivity contribution in [1.29, 1.82) is 0 Å². The lowest BCUT2D eigenvalue weighted by Gasteiger charge is -2.08. The Morgan fingerprint density at radius 1 is 0.912 bits per heavy atom. The van der Waals surface area contributed by atoms with Gasteiger partial charge in [-0.25, -0.2) is 4.39 Å². The van der Waals surface area contributed by atoms with E-state index in [-0.39, 0.29) is 29.0 Å². The molecule has 5 aromatic rings. The Morgan fingerprint density at radius 3 is 2.53 bits per heavy atom. The van der Waals surface area contributed by atoms with Crippen LogP contribution in [0.4, 0.5) is 10.1 Å². The normalized spacial score (nSPS) is 11.0. The molecule has 0 radical (unpaired) electrons. The third-order valence-electron chi connectivity index (χ3n) is 5.18. The second kappa shape index (κ2) is 8.67. The second-order valence-corrected chi connectivity index (χ2v) is 7.42. The molecule has 0 fully saturated rings. The summed E-state index contributed by atoms with van der Waals surface area (Å²) in [7, 11) is 0. The van der Waals surface area contributed by atoms with E-state index in [2.05, 4.69) is 5.32 Å². The highest BCUT2D eigenvalue weighted by Gasteiger charge is 2.23. The van der Waals surface area contributed by atoms with Gasteiger partial charge >= 0.3 is 0 Å². The lowest BCUT2D eigenvalue weighted by atomic mass is 10.1. The number of halogens is 1. The summed E-state index contributed by atoms with van der Waals surface area (Å²) < 4.78 is 29.9. The molecule has 0 bridgehead atoms. The average molecular weight is 457 g/mol.